The van der Waals surface area contributed by atoms with Gasteiger partial charge in [-0.1, -0.05) is 12.1 Å². The van der Waals surface area contributed by atoms with Gasteiger partial charge >= 0.3 is 6.18 Å². The minimum Gasteiger partial charge on any atom is -0.371 e. The van der Waals surface area contributed by atoms with Crippen LogP contribution in [0.3, 0.4) is 0 Å². The number of anilines is 1. The van der Waals surface area contributed by atoms with Crippen LogP contribution < -0.4 is 5.32 Å². The molecular formula is C15H15F4N3. The maximum Gasteiger partial charge on any atom is 0.392 e. The summed E-state index contributed by atoms with van der Waals surface area (Å²) in [4.78, 5) is 0. The zero-order valence-corrected chi connectivity index (χ0v) is 11.9. The number of aryl methyl sites for hydroxylation is 1. The molecule has 118 valence electrons. The van der Waals surface area contributed by atoms with Gasteiger partial charge in [0.2, 0.25) is 0 Å². The molecule has 1 atom stereocenters. The molecule has 7 heteroatoms. The lowest BCUT2D eigenvalue weighted by molar-refractivity contribution is -0.179. The van der Waals surface area contributed by atoms with Crippen molar-refractivity contribution < 1.29 is 17.6 Å². The topological polar surface area (TPSA) is 29.9 Å². The molecule has 1 unspecified atom stereocenters. The SMILES string of the molecule is CNc1nn2c(c1-c1ccc(F)cc1)CC(C(F)(F)F)CC2. The summed E-state index contributed by atoms with van der Waals surface area (Å²) < 4.78 is 53.7. The first-order chi connectivity index (χ1) is 10.4. The highest BCUT2D eigenvalue weighted by atomic mass is 19.4. The van der Waals surface area contributed by atoms with E-state index in [-0.39, 0.29) is 25.2 Å². The van der Waals surface area contributed by atoms with Crippen molar-refractivity contribution in [1.82, 2.24) is 9.78 Å². The normalized spacial score (nSPS) is 18.1. The van der Waals surface area contributed by atoms with Gasteiger partial charge in [-0.3, -0.25) is 4.68 Å². The molecule has 1 aromatic carbocycles. The summed E-state index contributed by atoms with van der Waals surface area (Å²) in [6.45, 7) is 0.232. The van der Waals surface area contributed by atoms with Crippen LogP contribution in [0, 0.1) is 11.7 Å². The molecule has 0 bridgehead atoms. The maximum atomic E-state index is 13.1. The van der Waals surface area contributed by atoms with Gasteiger partial charge in [0, 0.05) is 31.3 Å². The second kappa shape index (κ2) is 5.30. The number of alkyl halides is 3. The number of benzene rings is 1. The average Bonchev–Trinajstić information content (AvgIpc) is 2.85. The smallest absolute Gasteiger partial charge is 0.371 e. The van der Waals surface area contributed by atoms with E-state index >= 15 is 0 Å². The molecule has 1 aliphatic rings. The van der Waals surface area contributed by atoms with Crippen LogP contribution >= 0.6 is 0 Å². The summed E-state index contributed by atoms with van der Waals surface area (Å²) in [7, 11) is 1.67. The molecular weight excluding hydrogens is 298 g/mol. The number of fused-ring (bicyclic) bond motifs is 1. The van der Waals surface area contributed by atoms with Crippen LogP contribution in [-0.4, -0.2) is 23.0 Å². The Morgan fingerprint density at radius 2 is 1.91 bits per heavy atom. The predicted molar refractivity (Wildman–Crippen MR) is 75.0 cm³/mol. The highest BCUT2D eigenvalue weighted by Gasteiger charge is 2.42. The second-order valence-electron chi connectivity index (χ2n) is 5.38. The van der Waals surface area contributed by atoms with Gasteiger partial charge in [-0.15, -0.1) is 0 Å². The molecule has 1 N–H and O–H groups in total. The third-order valence-electron chi connectivity index (χ3n) is 4.02. The summed E-state index contributed by atoms with van der Waals surface area (Å²) in [6, 6.07) is 5.71. The van der Waals surface area contributed by atoms with Crippen molar-refractivity contribution in [3.8, 4) is 11.1 Å². The monoisotopic (exact) mass is 313 g/mol. The van der Waals surface area contributed by atoms with E-state index in [4.69, 9.17) is 0 Å². The van der Waals surface area contributed by atoms with Gasteiger partial charge in [-0.2, -0.15) is 18.3 Å². The average molecular weight is 313 g/mol. The lowest BCUT2D eigenvalue weighted by atomic mass is 9.92. The number of rotatable bonds is 2. The van der Waals surface area contributed by atoms with Crippen molar-refractivity contribution in [3.63, 3.8) is 0 Å². The molecule has 0 saturated carbocycles. The molecule has 3 rings (SSSR count). The Kier molecular flexibility index (Phi) is 3.58. The van der Waals surface area contributed by atoms with Gasteiger partial charge in [-0.05, 0) is 24.1 Å². The lowest BCUT2D eigenvalue weighted by Crippen LogP contribution is -2.31. The predicted octanol–water partition coefficient (Wildman–Crippen LogP) is 3.86. The Morgan fingerprint density at radius 1 is 1.23 bits per heavy atom. The summed E-state index contributed by atoms with van der Waals surface area (Å²) in [5.74, 6) is -1.23. The van der Waals surface area contributed by atoms with Gasteiger partial charge in [-0.25, -0.2) is 4.39 Å². The summed E-state index contributed by atoms with van der Waals surface area (Å²) in [5, 5.41) is 7.24. The third-order valence-corrected chi connectivity index (χ3v) is 4.02. The van der Waals surface area contributed by atoms with E-state index in [2.05, 4.69) is 10.4 Å². The Balaban J connectivity index is 2.07. The first-order valence-electron chi connectivity index (χ1n) is 7.00. The van der Waals surface area contributed by atoms with Crippen LogP contribution in [0.2, 0.25) is 0 Å². The van der Waals surface area contributed by atoms with Crippen LogP contribution in [0.4, 0.5) is 23.4 Å². The number of nitrogens with one attached hydrogen (secondary N) is 1. The van der Waals surface area contributed by atoms with Crippen molar-refractivity contribution in [3.05, 3.63) is 35.8 Å². The fourth-order valence-electron chi connectivity index (χ4n) is 2.88. The minimum atomic E-state index is -4.21. The van der Waals surface area contributed by atoms with E-state index in [0.29, 0.717) is 22.6 Å². The fourth-order valence-corrected chi connectivity index (χ4v) is 2.88. The molecule has 0 saturated heterocycles. The van der Waals surface area contributed by atoms with Crippen LogP contribution in [-0.2, 0) is 13.0 Å². The first kappa shape index (κ1) is 14.9. The summed E-state index contributed by atoms with van der Waals surface area (Å²) in [5.41, 5.74) is 1.83. The Labute approximate surface area is 124 Å². The number of hydrogen-bond acceptors (Lipinski definition) is 2. The number of hydrogen-bond donors (Lipinski definition) is 1. The van der Waals surface area contributed by atoms with E-state index in [1.807, 2.05) is 0 Å². The maximum absolute atomic E-state index is 13.1. The second-order valence-corrected chi connectivity index (χ2v) is 5.38. The molecule has 1 aromatic heterocycles. The molecule has 0 spiro atoms. The van der Waals surface area contributed by atoms with Crippen molar-refractivity contribution in [1.29, 1.82) is 0 Å². The molecule has 2 heterocycles. The van der Waals surface area contributed by atoms with Crippen molar-refractivity contribution in [2.24, 2.45) is 5.92 Å². The van der Waals surface area contributed by atoms with Gasteiger partial charge in [0.15, 0.2) is 5.82 Å². The highest BCUT2D eigenvalue weighted by Crippen LogP contribution is 2.40. The Morgan fingerprint density at radius 3 is 2.50 bits per heavy atom. The first-order valence-corrected chi connectivity index (χ1v) is 7.00. The van der Waals surface area contributed by atoms with Crippen LogP contribution in [0.5, 0.6) is 0 Å². The molecule has 0 aliphatic carbocycles. The molecule has 2 aromatic rings. The van der Waals surface area contributed by atoms with Gasteiger partial charge in [0.25, 0.3) is 0 Å². The van der Waals surface area contributed by atoms with E-state index in [1.54, 1.807) is 23.9 Å². The van der Waals surface area contributed by atoms with Gasteiger partial charge in [0.05, 0.1) is 5.92 Å². The van der Waals surface area contributed by atoms with Crippen LogP contribution in [0.25, 0.3) is 11.1 Å². The quantitative estimate of drug-likeness (QED) is 0.853. The van der Waals surface area contributed by atoms with E-state index in [1.165, 1.54) is 12.1 Å². The molecule has 0 fully saturated rings. The lowest BCUT2D eigenvalue weighted by Gasteiger charge is -2.26. The van der Waals surface area contributed by atoms with Crippen molar-refractivity contribution in [2.75, 3.05) is 12.4 Å². The van der Waals surface area contributed by atoms with Crippen LogP contribution in [0.15, 0.2) is 24.3 Å². The standard InChI is InChI=1S/C15H15F4N3/c1-20-14-13(9-2-4-11(16)5-3-9)12-8-10(15(17,18)19)6-7-22(12)21-14/h2-5,10H,6-8H2,1H3,(H,20,21). The Hall–Kier alpha value is -2.05. The Bertz CT molecular complexity index is 673. The van der Waals surface area contributed by atoms with E-state index < -0.39 is 12.1 Å². The molecule has 0 radical (unpaired) electrons. The largest absolute Gasteiger partial charge is 0.392 e. The third kappa shape index (κ3) is 2.55. The minimum absolute atomic E-state index is 0.0319. The summed E-state index contributed by atoms with van der Waals surface area (Å²) >= 11 is 0. The number of aromatic nitrogens is 2. The molecule has 1 aliphatic heterocycles. The molecule has 0 amide bonds. The highest BCUT2D eigenvalue weighted by molar-refractivity contribution is 5.78. The van der Waals surface area contributed by atoms with E-state index in [0.717, 1.165) is 0 Å². The van der Waals surface area contributed by atoms with Crippen molar-refractivity contribution in [2.45, 2.75) is 25.6 Å². The zero-order chi connectivity index (χ0) is 15.9. The van der Waals surface area contributed by atoms with Crippen LogP contribution in [0.1, 0.15) is 12.1 Å². The fraction of sp³-hybridized carbons (Fsp3) is 0.400. The molecule has 22 heavy (non-hydrogen) atoms. The number of nitrogens with zero attached hydrogens (tertiary/aromatic N) is 2. The van der Waals surface area contributed by atoms with Gasteiger partial charge < -0.3 is 5.32 Å². The number of halogens is 4. The van der Waals surface area contributed by atoms with E-state index in [9.17, 15) is 17.6 Å². The molecule has 3 nitrogen and oxygen atoms in total. The summed E-state index contributed by atoms with van der Waals surface area (Å²) in [6.07, 6.45) is -4.29. The zero-order valence-electron chi connectivity index (χ0n) is 11.9. The van der Waals surface area contributed by atoms with Gasteiger partial charge in [0.1, 0.15) is 5.82 Å². The van der Waals surface area contributed by atoms with Crippen molar-refractivity contribution >= 4 is 5.82 Å².